The lowest BCUT2D eigenvalue weighted by Crippen LogP contribution is -1.98. The molecular weight excluding hydrogens is 214 g/mol. The Balaban J connectivity index is 2.12. The maximum absolute atomic E-state index is 5.77. The molecule has 0 spiro atoms. The van der Waals surface area contributed by atoms with E-state index in [-0.39, 0.29) is 0 Å². The van der Waals surface area contributed by atoms with Crippen molar-refractivity contribution in [2.75, 3.05) is 0 Å². The predicted molar refractivity (Wildman–Crippen MR) is 66.2 cm³/mol. The zero-order valence-electron chi connectivity index (χ0n) is 10.7. The number of aryl methyl sites for hydroxylation is 4. The highest BCUT2D eigenvalue weighted by Crippen LogP contribution is 2.19. The first-order valence-corrected chi connectivity index (χ1v) is 5.69. The number of rotatable bonds is 3. The van der Waals surface area contributed by atoms with Gasteiger partial charge in [-0.2, -0.15) is 0 Å². The van der Waals surface area contributed by atoms with Gasteiger partial charge in [-0.1, -0.05) is 11.2 Å². The average molecular weight is 231 g/mol. The van der Waals surface area contributed by atoms with E-state index in [9.17, 15) is 0 Å². The molecule has 0 aliphatic carbocycles. The molecule has 1 heterocycles. The summed E-state index contributed by atoms with van der Waals surface area (Å²) in [6.07, 6.45) is 0. The van der Waals surface area contributed by atoms with Gasteiger partial charge in [0.05, 0.1) is 11.3 Å². The number of nitrogens with zero attached hydrogens (tertiary/aromatic N) is 1. The van der Waals surface area contributed by atoms with Crippen LogP contribution in [-0.2, 0) is 6.61 Å². The van der Waals surface area contributed by atoms with Crippen LogP contribution < -0.4 is 4.74 Å². The van der Waals surface area contributed by atoms with Gasteiger partial charge in [-0.15, -0.1) is 0 Å². The van der Waals surface area contributed by atoms with Gasteiger partial charge in [0.25, 0.3) is 0 Å². The number of hydrogen-bond donors (Lipinski definition) is 0. The first-order valence-electron chi connectivity index (χ1n) is 5.69. The van der Waals surface area contributed by atoms with Crippen molar-refractivity contribution in [3.8, 4) is 5.75 Å². The molecular formula is C14H17NO2. The molecule has 0 atom stereocenters. The first-order chi connectivity index (χ1) is 8.06. The number of aromatic nitrogens is 1. The van der Waals surface area contributed by atoms with Gasteiger partial charge in [-0.3, -0.25) is 0 Å². The van der Waals surface area contributed by atoms with E-state index < -0.39 is 0 Å². The number of hydrogen-bond acceptors (Lipinski definition) is 3. The van der Waals surface area contributed by atoms with Crippen LogP contribution in [0.1, 0.15) is 28.1 Å². The van der Waals surface area contributed by atoms with Crippen molar-refractivity contribution < 1.29 is 9.26 Å². The van der Waals surface area contributed by atoms with Crippen LogP contribution in [0.3, 0.4) is 0 Å². The fourth-order valence-corrected chi connectivity index (χ4v) is 1.88. The van der Waals surface area contributed by atoms with Crippen molar-refractivity contribution in [2.24, 2.45) is 0 Å². The molecule has 0 aliphatic heterocycles. The minimum atomic E-state index is 0.504. The van der Waals surface area contributed by atoms with Gasteiger partial charge < -0.3 is 9.26 Å². The van der Waals surface area contributed by atoms with Crippen molar-refractivity contribution in [2.45, 2.75) is 34.3 Å². The lowest BCUT2D eigenvalue weighted by atomic mass is 10.1. The van der Waals surface area contributed by atoms with Gasteiger partial charge in [0.15, 0.2) is 0 Å². The normalized spacial score (nSPS) is 10.6. The number of ether oxygens (including phenoxy) is 1. The van der Waals surface area contributed by atoms with E-state index >= 15 is 0 Å². The Morgan fingerprint density at radius 1 is 1.06 bits per heavy atom. The van der Waals surface area contributed by atoms with Crippen LogP contribution in [-0.4, -0.2) is 5.16 Å². The summed E-state index contributed by atoms with van der Waals surface area (Å²) in [5.74, 6) is 1.72. The SMILES string of the molecule is Cc1cc(C)cc(OCc2c(C)noc2C)c1. The summed E-state index contributed by atoms with van der Waals surface area (Å²) in [4.78, 5) is 0. The van der Waals surface area contributed by atoms with Crippen molar-refractivity contribution >= 4 is 0 Å². The smallest absolute Gasteiger partial charge is 0.140 e. The molecule has 0 aliphatic rings. The van der Waals surface area contributed by atoms with Crippen LogP contribution in [0.15, 0.2) is 22.7 Å². The van der Waals surface area contributed by atoms with E-state index in [0.29, 0.717) is 6.61 Å². The summed E-state index contributed by atoms with van der Waals surface area (Å²) >= 11 is 0. The molecule has 17 heavy (non-hydrogen) atoms. The third-order valence-electron chi connectivity index (χ3n) is 2.76. The van der Waals surface area contributed by atoms with Crippen molar-refractivity contribution in [1.29, 1.82) is 0 Å². The lowest BCUT2D eigenvalue weighted by molar-refractivity contribution is 0.301. The second kappa shape index (κ2) is 4.62. The summed E-state index contributed by atoms with van der Waals surface area (Å²) < 4.78 is 10.9. The maximum atomic E-state index is 5.77. The summed E-state index contributed by atoms with van der Waals surface area (Å²) in [6.45, 7) is 8.46. The third-order valence-corrected chi connectivity index (χ3v) is 2.76. The van der Waals surface area contributed by atoms with Gasteiger partial charge in [-0.25, -0.2) is 0 Å². The molecule has 90 valence electrons. The van der Waals surface area contributed by atoms with Crippen molar-refractivity contribution in [3.05, 3.63) is 46.3 Å². The van der Waals surface area contributed by atoms with Crippen LogP contribution in [0.4, 0.5) is 0 Å². The van der Waals surface area contributed by atoms with E-state index in [1.165, 1.54) is 11.1 Å². The molecule has 0 unspecified atom stereocenters. The fraction of sp³-hybridized carbons (Fsp3) is 0.357. The van der Waals surface area contributed by atoms with E-state index in [0.717, 1.165) is 22.8 Å². The Morgan fingerprint density at radius 2 is 1.71 bits per heavy atom. The Kier molecular flexibility index (Phi) is 3.18. The Bertz CT molecular complexity index is 489. The van der Waals surface area contributed by atoms with Gasteiger partial charge in [-0.05, 0) is 51.0 Å². The minimum Gasteiger partial charge on any atom is -0.489 e. The van der Waals surface area contributed by atoms with E-state index in [4.69, 9.17) is 9.26 Å². The molecule has 3 nitrogen and oxygen atoms in total. The second-order valence-electron chi connectivity index (χ2n) is 4.41. The average Bonchev–Trinajstić information content (AvgIpc) is 2.55. The molecule has 0 radical (unpaired) electrons. The molecule has 0 bridgehead atoms. The molecule has 3 heteroatoms. The number of benzene rings is 1. The van der Waals surface area contributed by atoms with Crippen LogP contribution >= 0.6 is 0 Å². The zero-order valence-corrected chi connectivity index (χ0v) is 10.7. The molecule has 0 saturated carbocycles. The molecule has 2 aromatic rings. The fourth-order valence-electron chi connectivity index (χ4n) is 1.88. The predicted octanol–water partition coefficient (Wildman–Crippen LogP) is 3.49. The maximum Gasteiger partial charge on any atom is 0.140 e. The molecule has 0 saturated heterocycles. The minimum absolute atomic E-state index is 0.504. The zero-order chi connectivity index (χ0) is 12.4. The topological polar surface area (TPSA) is 35.3 Å². The van der Waals surface area contributed by atoms with Gasteiger partial charge in [0.1, 0.15) is 18.1 Å². The third kappa shape index (κ3) is 2.67. The van der Waals surface area contributed by atoms with Crippen LogP contribution in [0, 0.1) is 27.7 Å². The van der Waals surface area contributed by atoms with E-state index in [2.05, 4.69) is 25.1 Å². The molecule has 0 N–H and O–H groups in total. The highest BCUT2D eigenvalue weighted by molar-refractivity contribution is 5.33. The Hall–Kier alpha value is -1.77. The quantitative estimate of drug-likeness (QED) is 0.811. The highest BCUT2D eigenvalue weighted by Gasteiger charge is 2.09. The van der Waals surface area contributed by atoms with Crippen LogP contribution in [0.5, 0.6) is 5.75 Å². The first kappa shape index (κ1) is 11.7. The molecule has 1 aromatic heterocycles. The van der Waals surface area contributed by atoms with Gasteiger partial charge in [0.2, 0.25) is 0 Å². The molecule has 0 amide bonds. The monoisotopic (exact) mass is 231 g/mol. The Labute approximate surface area is 101 Å². The van der Waals surface area contributed by atoms with Gasteiger partial charge >= 0.3 is 0 Å². The molecule has 2 rings (SSSR count). The lowest BCUT2D eigenvalue weighted by Gasteiger charge is -2.07. The van der Waals surface area contributed by atoms with Crippen molar-refractivity contribution in [1.82, 2.24) is 5.16 Å². The highest BCUT2D eigenvalue weighted by atomic mass is 16.5. The second-order valence-corrected chi connectivity index (χ2v) is 4.41. The van der Waals surface area contributed by atoms with Gasteiger partial charge in [0, 0.05) is 0 Å². The largest absolute Gasteiger partial charge is 0.489 e. The summed E-state index contributed by atoms with van der Waals surface area (Å²) in [5, 5.41) is 3.91. The Morgan fingerprint density at radius 3 is 2.24 bits per heavy atom. The summed E-state index contributed by atoms with van der Waals surface area (Å²) in [7, 11) is 0. The summed E-state index contributed by atoms with van der Waals surface area (Å²) in [5.41, 5.74) is 4.34. The van der Waals surface area contributed by atoms with E-state index in [1.807, 2.05) is 26.0 Å². The van der Waals surface area contributed by atoms with Crippen LogP contribution in [0.25, 0.3) is 0 Å². The van der Waals surface area contributed by atoms with Crippen LogP contribution in [0.2, 0.25) is 0 Å². The van der Waals surface area contributed by atoms with Crippen molar-refractivity contribution in [3.63, 3.8) is 0 Å². The molecule has 0 fully saturated rings. The van der Waals surface area contributed by atoms with E-state index in [1.54, 1.807) is 0 Å². The standard InChI is InChI=1S/C14H17NO2/c1-9-5-10(2)7-13(6-9)16-8-14-11(3)15-17-12(14)4/h5-7H,8H2,1-4H3. The molecule has 1 aromatic carbocycles. The summed E-state index contributed by atoms with van der Waals surface area (Å²) in [6, 6.07) is 6.19.